The predicted octanol–water partition coefficient (Wildman–Crippen LogP) is 3.88. The van der Waals surface area contributed by atoms with E-state index >= 15 is 0 Å². The van der Waals surface area contributed by atoms with Crippen LogP contribution in [0.1, 0.15) is 5.56 Å². The molecule has 0 unspecified atom stereocenters. The van der Waals surface area contributed by atoms with Crippen LogP contribution >= 0.6 is 0 Å². The summed E-state index contributed by atoms with van der Waals surface area (Å²) in [5, 5.41) is 0. The first-order valence-electron chi connectivity index (χ1n) is 6.41. The summed E-state index contributed by atoms with van der Waals surface area (Å²) in [6.07, 6.45) is -1.08. The van der Waals surface area contributed by atoms with E-state index in [0.717, 1.165) is 6.08 Å². The van der Waals surface area contributed by atoms with E-state index in [2.05, 4.69) is 11.3 Å². The van der Waals surface area contributed by atoms with Crippen molar-refractivity contribution < 1.29 is 31.5 Å². The number of halogens is 5. The summed E-state index contributed by atoms with van der Waals surface area (Å²) in [5.74, 6) is -0.899. The van der Waals surface area contributed by atoms with E-state index in [4.69, 9.17) is 0 Å². The number of carbonyl (C=O) groups excluding carboxylic acids is 1. The van der Waals surface area contributed by atoms with E-state index in [-0.39, 0.29) is 12.3 Å². The van der Waals surface area contributed by atoms with Crippen molar-refractivity contribution in [1.29, 1.82) is 0 Å². The molecule has 0 radical (unpaired) electrons. The summed E-state index contributed by atoms with van der Waals surface area (Å²) in [5.41, 5.74) is 0.450. The highest BCUT2D eigenvalue weighted by molar-refractivity contribution is 5.91. The summed E-state index contributed by atoms with van der Waals surface area (Å²) in [4.78, 5) is 12.3. The van der Waals surface area contributed by atoms with Crippen LogP contribution in [0.15, 0.2) is 43.0 Å². The van der Waals surface area contributed by atoms with Gasteiger partial charge in [-0.05, 0) is 23.8 Å². The Morgan fingerprint density at radius 1 is 1.26 bits per heavy atom. The zero-order valence-electron chi connectivity index (χ0n) is 11.9. The normalized spacial score (nSPS) is 11.7. The molecule has 0 aliphatic carbocycles. The van der Waals surface area contributed by atoms with Crippen molar-refractivity contribution in [2.24, 2.45) is 0 Å². The molecule has 23 heavy (non-hydrogen) atoms. The Balaban J connectivity index is 2.73. The van der Waals surface area contributed by atoms with Gasteiger partial charge in [-0.1, -0.05) is 18.2 Å². The molecule has 0 fully saturated rings. The van der Waals surface area contributed by atoms with Crippen molar-refractivity contribution in [3.05, 3.63) is 48.6 Å². The van der Waals surface area contributed by atoms with Gasteiger partial charge in [0.1, 0.15) is 12.3 Å². The minimum atomic E-state index is -4.51. The molecule has 0 saturated heterocycles. The molecular formula is C15H14F5NO2. The maximum Gasteiger partial charge on any atom is 0.406 e. The lowest BCUT2D eigenvalue weighted by Crippen LogP contribution is -2.38. The molecule has 3 nitrogen and oxygen atoms in total. The van der Waals surface area contributed by atoms with Gasteiger partial charge in [0.25, 0.3) is 0 Å². The van der Waals surface area contributed by atoms with Crippen molar-refractivity contribution in [1.82, 2.24) is 4.90 Å². The summed E-state index contributed by atoms with van der Waals surface area (Å²) in [6.45, 7) is -1.28. The number of benzene rings is 1. The second-order valence-corrected chi connectivity index (χ2v) is 4.40. The van der Waals surface area contributed by atoms with Crippen molar-refractivity contribution in [2.75, 3.05) is 13.1 Å². The SMILES string of the molecule is C=CCN(CC(F)(F)F)C(=O)/C=C/c1ccc(OC(F)F)cc1. The van der Waals surface area contributed by atoms with Gasteiger partial charge in [-0.2, -0.15) is 22.0 Å². The molecule has 0 N–H and O–H groups in total. The van der Waals surface area contributed by atoms with E-state index in [0.29, 0.717) is 10.5 Å². The van der Waals surface area contributed by atoms with Crippen molar-refractivity contribution in [3.8, 4) is 5.75 Å². The number of hydrogen-bond donors (Lipinski definition) is 0. The molecule has 1 aromatic carbocycles. The van der Waals surface area contributed by atoms with Crippen LogP contribution in [0.4, 0.5) is 22.0 Å². The molecule has 1 aromatic rings. The topological polar surface area (TPSA) is 29.5 Å². The number of carbonyl (C=O) groups is 1. The van der Waals surface area contributed by atoms with E-state index < -0.39 is 25.2 Å². The number of rotatable bonds is 7. The number of amides is 1. The second-order valence-electron chi connectivity index (χ2n) is 4.40. The van der Waals surface area contributed by atoms with E-state index in [1.807, 2.05) is 0 Å². The lowest BCUT2D eigenvalue weighted by Gasteiger charge is -2.20. The van der Waals surface area contributed by atoms with Gasteiger partial charge in [0.2, 0.25) is 5.91 Å². The molecule has 0 aromatic heterocycles. The van der Waals surface area contributed by atoms with Gasteiger partial charge in [0.05, 0.1) is 0 Å². The van der Waals surface area contributed by atoms with Crippen molar-refractivity contribution in [2.45, 2.75) is 12.8 Å². The summed E-state index contributed by atoms with van der Waals surface area (Å²) >= 11 is 0. The van der Waals surface area contributed by atoms with Crippen LogP contribution in [0, 0.1) is 0 Å². The van der Waals surface area contributed by atoms with Gasteiger partial charge < -0.3 is 9.64 Å². The average molecular weight is 335 g/mol. The first-order valence-corrected chi connectivity index (χ1v) is 6.41. The lowest BCUT2D eigenvalue weighted by atomic mass is 10.2. The minimum Gasteiger partial charge on any atom is -0.435 e. The Morgan fingerprint density at radius 2 is 1.87 bits per heavy atom. The Hall–Kier alpha value is -2.38. The summed E-state index contributed by atoms with van der Waals surface area (Å²) in [6, 6.07) is 5.30. The summed E-state index contributed by atoms with van der Waals surface area (Å²) in [7, 11) is 0. The van der Waals surface area contributed by atoms with Gasteiger partial charge in [-0.25, -0.2) is 0 Å². The zero-order chi connectivity index (χ0) is 17.5. The molecule has 0 heterocycles. The molecule has 8 heteroatoms. The highest BCUT2D eigenvalue weighted by Gasteiger charge is 2.31. The molecule has 0 saturated carbocycles. The molecule has 1 rings (SSSR count). The zero-order valence-corrected chi connectivity index (χ0v) is 11.9. The second kappa shape index (κ2) is 8.30. The van der Waals surface area contributed by atoms with Gasteiger partial charge in [-0.15, -0.1) is 6.58 Å². The minimum absolute atomic E-state index is 0.0613. The molecule has 0 aliphatic heterocycles. The highest BCUT2D eigenvalue weighted by Crippen LogP contribution is 2.18. The standard InChI is InChI=1S/C15H14F5NO2/c1-2-9-21(10-15(18,19)20)13(22)8-5-11-3-6-12(7-4-11)23-14(16)17/h2-8,14H,1,9-10H2/b8-5+. The van der Waals surface area contributed by atoms with Crippen LogP contribution in [0.2, 0.25) is 0 Å². The lowest BCUT2D eigenvalue weighted by molar-refractivity contribution is -0.157. The van der Waals surface area contributed by atoms with Gasteiger partial charge in [-0.3, -0.25) is 4.79 Å². The molecule has 0 atom stereocenters. The largest absolute Gasteiger partial charge is 0.435 e. The number of nitrogens with zero attached hydrogens (tertiary/aromatic N) is 1. The average Bonchev–Trinajstić information content (AvgIpc) is 2.44. The Morgan fingerprint density at radius 3 is 2.35 bits per heavy atom. The maximum atomic E-state index is 12.4. The van der Waals surface area contributed by atoms with Gasteiger partial charge in [0.15, 0.2) is 0 Å². The first-order chi connectivity index (χ1) is 10.7. The monoisotopic (exact) mass is 335 g/mol. The molecular weight excluding hydrogens is 321 g/mol. The molecule has 0 spiro atoms. The molecule has 126 valence electrons. The van der Waals surface area contributed by atoms with E-state index in [1.165, 1.54) is 36.4 Å². The number of alkyl halides is 5. The third-order valence-corrected chi connectivity index (χ3v) is 2.55. The maximum absolute atomic E-state index is 12.4. The molecule has 0 bridgehead atoms. The first kappa shape index (κ1) is 18.7. The fourth-order valence-corrected chi connectivity index (χ4v) is 1.64. The van der Waals surface area contributed by atoms with Crippen LogP contribution in [-0.2, 0) is 4.79 Å². The third kappa shape index (κ3) is 7.44. The number of hydrogen-bond acceptors (Lipinski definition) is 2. The Labute approximate surface area is 129 Å². The van der Waals surface area contributed by atoms with Gasteiger partial charge in [0, 0.05) is 12.6 Å². The Bertz CT molecular complexity index is 552. The highest BCUT2D eigenvalue weighted by atomic mass is 19.4. The van der Waals surface area contributed by atoms with Crippen LogP contribution < -0.4 is 4.74 Å². The van der Waals surface area contributed by atoms with Gasteiger partial charge >= 0.3 is 12.8 Å². The van der Waals surface area contributed by atoms with Crippen LogP contribution in [0.5, 0.6) is 5.75 Å². The third-order valence-electron chi connectivity index (χ3n) is 2.55. The van der Waals surface area contributed by atoms with Crippen LogP contribution in [0.25, 0.3) is 6.08 Å². The molecule has 0 aliphatic rings. The van der Waals surface area contributed by atoms with Crippen LogP contribution in [0.3, 0.4) is 0 Å². The van der Waals surface area contributed by atoms with Crippen molar-refractivity contribution >= 4 is 12.0 Å². The summed E-state index contributed by atoms with van der Waals surface area (Å²) < 4.78 is 65.2. The quantitative estimate of drug-likeness (QED) is 0.430. The predicted molar refractivity (Wildman–Crippen MR) is 74.9 cm³/mol. The van der Waals surface area contributed by atoms with E-state index in [1.54, 1.807) is 0 Å². The van der Waals surface area contributed by atoms with Crippen LogP contribution in [-0.4, -0.2) is 36.7 Å². The fraction of sp³-hybridized carbons (Fsp3) is 0.267. The van der Waals surface area contributed by atoms with E-state index in [9.17, 15) is 26.7 Å². The smallest absolute Gasteiger partial charge is 0.406 e. The Kier molecular flexibility index (Phi) is 6.74. The molecule has 1 amide bonds. The fourth-order valence-electron chi connectivity index (χ4n) is 1.64. The number of ether oxygens (including phenoxy) is 1. The van der Waals surface area contributed by atoms with Crippen molar-refractivity contribution in [3.63, 3.8) is 0 Å².